The Morgan fingerprint density at radius 3 is 2.26 bits per heavy atom. The first-order valence-electron chi connectivity index (χ1n) is 10.9. The van der Waals surface area contributed by atoms with Crippen molar-refractivity contribution in [1.82, 2.24) is 4.90 Å². The van der Waals surface area contributed by atoms with E-state index in [0.29, 0.717) is 12.3 Å². The first-order chi connectivity index (χ1) is 14.1. The molecule has 0 spiro atoms. The van der Waals surface area contributed by atoms with E-state index in [1.807, 2.05) is 91.8 Å². The van der Waals surface area contributed by atoms with Gasteiger partial charge in [0.1, 0.15) is 17.0 Å². The molecule has 170 valence electrons. The van der Waals surface area contributed by atoms with Crippen molar-refractivity contribution < 1.29 is 19.4 Å². The molecule has 0 aliphatic carbocycles. The van der Waals surface area contributed by atoms with Crippen LogP contribution in [0.25, 0.3) is 10.8 Å². The van der Waals surface area contributed by atoms with Crippen LogP contribution in [-0.4, -0.2) is 41.0 Å². The number of hydrogen-bond donors (Lipinski definition) is 1. The lowest BCUT2D eigenvalue weighted by atomic mass is 9.60. The molecule has 0 bridgehead atoms. The molecule has 0 radical (unpaired) electrons. The van der Waals surface area contributed by atoms with E-state index in [-0.39, 0.29) is 0 Å². The fourth-order valence-corrected chi connectivity index (χ4v) is 5.20. The number of fused-ring (bicyclic) bond motifs is 1. The monoisotopic (exact) mass is 427 g/mol. The molecule has 2 atom stereocenters. The minimum Gasteiger partial charge on any atom is -0.497 e. The molecule has 3 rings (SSSR count). The Morgan fingerprint density at radius 2 is 1.71 bits per heavy atom. The molecule has 1 fully saturated rings. The highest BCUT2D eigenvalue weighted by atomic mass is 16.6. The first kappa shape index (κ1) is 23.4. The van der Waals surface area contributed by atoms with E-state index in [2.05, 4.69) is 0 Å². The van der Waals surface area contributed by atoms with Crippen molar-refractivity contribution in [2.45, 2.75) is 72.6 Å². The van der Waals surface area contributed by atoms with Gasteiger partial charge in [-0.15, -0.1) is 0 Å². The lowest BCUT2D eigenvalue weighted by Crippen LogP contribution is -2.55. The Hall–Kier alpha value is -2.27. The Balaban J connectivity index is 2.32. The minimum absolute atomic E-state index is 0.381. The van der Waals surface area contributed by atoms with Gasteiger partial charge < -0.3 is 14.6 Å². The molecule has 0 saturated carbocycles. The SMILES string of the molecule is COc1cc([C@H]2N(C(=O)OC(C)(C)C)CC(C)(C)[C@]2(O)C(C)(C)C)c2ccccc2c1. The minimum atomic E-state index is -1.22. The third-order valence-corrected chi connectivity index (χ3v) is 6.47. The Bertz CT molecular complexity index is 983. The number of carbonyl (C=O) groups is 1. The number of nitrogens with zero attached hydrogens (tertiary/aromatic N) is 1. The van der Waals surface area contributed by atoms with Crippen LogP contribution in [-0.2, 0) is 4.74 Å². The quantitative estimate of drug-likeness (QED) is 0.644. The van der Waals surface area contributed by atoms with Gasteiger partial charge >= 0.3 is 6.09 Å². The zero-order chi connectivity index (χ0) is 23.4. The van der Waals surface area contributed by atoms with Gasteiger partial charge in [-0.25, -0.2) is 4.79 Å². The standard InChI is InChI=1S/C26H37NO4/c1-23(2,3)26(29)21(27(16-25(26,7)8)22(28)31-24(4,5)6)20-15-18(30-9)14-17-12-10-11-13-19(17)20/h10-15,21,29H,16H2,1-9H3/t21-,26-/m1/s1. The summed E-state index contributed by atoms with van der Waals surface area (Å²) >= 11 is 0. The summed E-state index contributed by atoms with van der Waals surface area (Å²) in [5.74, 6) is 0.693. The van der Waals surface area contributed by atoms with Crippen LogP contribution >= 0.6 is 0 Å². The predicted octanol–water partition coefficient (Wildman–Crippen LogP) is 5.94. The van der Waals surface area contributed by atoms with E-state index in [0.717, 1.165) is 16.3 Å². The second kappa shape index (κ2) is 7.40. The van der Waals surface area contributed by atoms with Crippen LogP contribution in [0.1, 0.15) is 67.0 Å². The fraction of sp³-hybridized carbons (Fsp3) is 0.577. The second-order valence-corrected chi connectivity index (χ2v) is 11.3. The van der Waals surface area contributed by atoms with Gasteiger partial charge in [0.05, 0.1) is 13.2 Å². The molecule has 31 heavy (non-hydrogen) atoms. The highest BCUT2D eigenvalue weighted by Crippen LogP contribution is 2.59. The molecular weight excluding hydrogens is 390 g/mol. The second-order valence-electron chi connectivity index (χ2n) is 11.3. The lowest BCUT2D eigenvalue weighted by molar-refractivity contribution is -0.138. The zero-order valence-corrected chi connectivity index (χ0v) is 20.4. The van der Waals surface area contributed by atoms with Gasteiger partial charge in [0.15, 0.2) is 0 Å². The van der Waals surface area contributed by atoms with Crippen LogP contribution in [0.5, 0.6) is 5.75 Å². The topological polar surface area (TPSA) is 59.0 Å². The van der Waals surface area contributed by atoms with Crippen LogP contribution in [0.15, 0.2) is 36.4 Å². The van der Waals surface area contributed by atoms with E-state index in [1.165, 1.54) is 0 Å². The van der Waals surface area contributed by atoms with Crippen molar-refractivity contribution in [3.63, 3.8) is 0 Å². The highest BCUT2D eigenvalue weighted by molar-refractivity contribution is 5.88. The van der Waals surface area contributed by atoms with Crippen molar-refractivity contribution in [2.75, 3.05) is 13.7 Å². The van der Waals surface area contributed by atoms with Gasteiger partial charge in [-0.1, -0.05) is 58.9 Å². The Morgan fingerprint density at radius 1 is 1.10 bits per heavy atom. The van der Waals surface area contributed by atoms with Crippen molar-refractivity contribution in [3.05, 3.63) is 42.0 Å². The van der Waals surface area contributed by atoms with E-state index in [9.17, 15) is 9.90 Å². The molecule has 2 aromatic carbocycles. The van der Waals surface area contributed by atoms with Crippen molar-refractivity contribution in [1.29, 1.82) is 0 Å². The van der Waals surface area contributed by atoms with Crippen LogP contribution in [0.2, 0.25) is 0 Å². The number of rotatable bonds is 2. The smallest absolute Gasteiger partial charge is 0.410 e. The molecule has 5 nitrogen and oxygen atoms in total. The van der Waals surface area contributed by atoms with E-state index < -0.39 is 34.2 Å². The summed E-state index contributed by atoms with van der Waals surface area (Å²) in [5, 5.41) is 14.4. The summed E-state index contributed by atoms with van der Waals surface area (Å²) in [6.07, 6.45) is -0.419. The molecule has 1 saturated heterocycles. The fourth-order valence-electron chi connectivity index (χ4n) is 5.20. The number of likely N-dealkylation sites (tertiary alicyclic amines) is 1. The summed E-state index contributed by atoms with van der Waals surface area (Å²) in [4.78, 5) is 15.1. The zero-order valence-electron chi connectivity index (χ0n) is 20.4. The molecule has 0 aromatic heterocycles. The maximum absolute atomic E-state index is 13.4. The number of methoxy groups -OCH3 is 1. The number of carbonyl (C=O) groups excluding carboxylic acids is 1. The summed E-state index contributed by atoms with van der Waals surface area (Å²) in [5.41, 5.74) is -2.07. The maximum Gasteiger partial charge on any atom is 0.410 e. The molecule has 1 N–H and O–H groups in total. The Kier molecular flexibility index (Phi) is 5.59. The number of ether oxygens (including phenoxy) is 2. The van der Waals surface area contributed by atoms with Gasteiger partial charge in [-0.2, -0.15) is 0 Å². The molecule has 5 heteroatoms. The summed E-state index contributed by atoms with van der Waals surface area (Å²) in [7, 11) is 1.63. The summed E-state index contributed by atoms with van der Waals surface area (Å²) in [6, 6.07) is 11.3. The third kappa shape index (κ3) is 3.89. The molecular formula is C26H37NO4. The molecule has 1 aliphatic rings. The highest BCUT2D eigenvalue weighted by Gasteiger charge is 2.65. The average Bonchev–Trinajstić information content (AvgIpc) is 2.86. The van der Waals surface area contributed by atoms with E-state index in [1.54, 1.807) is 12.0 Å². The van der Waals surface area contributed by atoms with Gasteiger partial charge in [-0.05, 0) is 54.7 Å². The van der Waals surface area contributed by atoms with Gasteiger partial charge in [-0.3, -0.25) is 4.90 Å². The van der Waals surface area contributed by atoms with Crippen molar-refractivity contribution >= 4 is 16.9 Å². The summed E-state index contributed by atoms with van der Waals surface area (Å²) in [6.45, 7) is 16.1. The Labute approximate surface area is 186 Å². The number of benzene rings is 2. The molecule has 0 unspecified atom stereocenters. The number of hydrogen-bond acceptors (Lipinski definition) is 4. The number of amides is 1. The van der Waals surface area contributed by atoms with E-state index in [4.69, 9.17) is 9.47 Å². The molecule has 2 aromatic rings. The van der Waals surface area contributed by atoms with Crippen molar-refractivity contribution in [2.24, 2.45) is 10.8 Å². The van der Waals surface area contributed by atoms with Crippen LogP contribution in [0, 0.1) is 10.8 Å². The third-order valence-electron chi connectivity index (χ3n) is 6.47. The van der Waals surface area contributed by atoms with Crippen molar-refractivity contribution in [3.8, 4) is 5.75 Å². The maximum atomic E-state index is 13.4. The van der Waals surface area contributed by atoms with Crippen LogP contribution in [0.4, 0.5) is 4.79 Å². The summed E-state index contributed by atoms with van der Waals surface area (Å²) < 4.78 is 11.4. The van der Waals surface area contributed by atoms with Gasteiger partial charge in [0.25, 0.3) is 0 Å². The lowest BCUT2D eigenvalue weighted by Gasteiger charge is -2.49. The molecule has 1 heterocycles. The van der Waals surface area contributed by atoms with Crippen LogP contribution in [0.3, 0.4) is 0 Å². The van der Waals surface area contributed by atoms with Crippen LogP contribution < -0.4 is 4.74 Å². The number of aliphatic hydroxyl groups is 1. The normalized spacial score (nSPS) is 23.8. The molecule has 1 aliphatic heterocycles. The van der Waals surface area contributed by atoms with Gasteiger partial charge in [0, 0.05) is 12.0 Å². The average molecular weight is 428 g/mol. The van der Waals surface area contributed by atoms with Gasteiger partial charge in [0.2, 0.25) is 0 Å². The van der Waals surface area contributed by atoms with E-state index >= 15 is 0 Å². The first-order valence-corrected chi connectivity index (χ1v) is 10.9. The molecule has 1 amide bonds. The largest absolute Gasteiger partial charge is 0.497 e. The predicted molar refractivity (Wildman–Crippen MR) is 124 cm³/mol.